The summed E-state index contributed by atoms with van der Waals surface area (Å²) in [6, 6.07) is 23.2. The van der Waals surface area contributed by atoms with Gasteiger partial charge in [0.15, 0.2) is 0 Å². The van der Waals surface area contributed by atoms with Crippen molar-refractivity contribution >= 4 is 22.1 Å². The molecule has 1 aliphatic rings. The van der Waals surface area contributed by atoms with Crippen molar-refractivity contribution in [3.63, 3.8) is 0 Å². The van der Waals surface area contributed by atoms with Gasteiger partial charge in [-0.1, -0.05) is 80.6 Å². The Hall–Kier alpha value is -3.04. The molecular weight excluding hydrogens is 438 g/mol. The minimum Gasteiger partial charge on any atom is -0.385 e. The van der Waals surface area contributed by atoms with E-state index in [4.69, 9.17) is 0 Å². The van der Waals surface area contributed by atoms with Crippen molar-refractivity contribution in [2.24, 2.45) is 5.92 Å². The van der Waals surface area contributed by atoms with Crippen LogP contribution >= 0.6 is 0 Å². The van der Waals surface area contributed by atoms with Crippen LogP contribution in [-0.4, -0.2) is 43.7 Å². The zero-order valence-electron chi connectivity index (χ0n) is 22.7. The summed E-state index contributed by atoms with van der Waals surface area (Å²) in [6.07, 6.45) is 9.69. The Kier molecular flexibility index (Phi) is 8.88. The molecule has 0 aliphatic heterocycles. The molecule has 0 saturated heterocycles. The third kappa shape index (κ3) is 5.52. The quantitative estimate of drug-likeness (QED) is 0.283. The van der Waals surface area contributed by atoms with Crippen LogP contribution in [0.4, 0.5) is 11.4 Å². The minimum atomic E-state index is 0.253. The van der Waals surface area contributed by atoms with E-state index >= 15 is 0 Å². The highest BCUT2D eigenvalue weighted by Gasteiger charge is 2.26. The monoisotopic (exact) mass is 481 g/mol. The van der Waals surface area contributed by atoms with Crippen molar-refractivity contribution in [3.05, 3.63) is 96.1 Å². The lowest BCUT2D eigenvalue weighted by Crippen LogP contribution is -2.33. The van der Waals surface area contributed by atoms with Gasteiger partial charge in [-0.3, -0.25) is 4.90 Å². The van der Waals surface area contributed by atoms with E-state index < -0.39 is 0 Å². The summed E-state index contributed by atoms with van der Waals surface area (Å²) >= 11 is 0. The summed E-state index contributed by atoms with van der Waals surface area (Å²) in [7, 11) is 0. The molecule has 0 fully saturated rings. The predicted octanol–water partition coefficient (Wildman–Crippen LogP) is 7.70. The van der Waals surface area contributed by atoms with Crippen LogP contribution in [-0.2, 0) is 0 Å². The summed E-state index contributed by atoms with van der Waals surface area (Å²) in [6.45, 7) is 16.2. The number of allylic oxidation sites excluding steroid dienone is 2. The van der Waals surface area contributed by atoms with Crippen LogP contribution in [0.1, 0.15) is 51.7 Å². The maximum atomic E-state index is 3.63. The molecule has 4 rings (SSSR count). The molecule has 3 aromatic carbocycles. The molecule has 0 amide bonds. The largest absolute Gasteiger partial charge is 0.385 e. The average molecular weight is 482 g/mol. The van der Waals surface area contributed by atoms with Crippen LogP contribution in [0.2, 0.25) is 0 Å². The lowest BCUT2D eigenvalue weighted by Gasteiger charge is -2.31. The molecule has 3 nitrogen and oxygen atoms in total. The van der Waals surface area contributed by atoms with Gasteiger partial charge in [0, 0.05) is 54.3 Å². The van der Waals surface area contributed by atoms with E-state index in [0.717, 1.165) is 32.7 Å². The first-order valence-corrected chi connectivity index (χ1v) is 13.8. The third-order valence-corrected chi connectivity index (χ3v) is 7.67. The Morgan fingerprint density at radius 1 is 0.722 bits per heavy atom. The topological polar surface area (TPSA) is 18.5 Å². The second-order valence-electron chi connectivity index (χ2n) is 9.62. The Morgan fingerprint density at radius 2 is 1.39 bits per heavy atom. The number of nitrogens with one attached hydrogen (secondary N) is 1. The molecule has 0 radical (unpaired) electrons. The van der Waals surface area contributed by atoms with Crippen LogP contribution in [0.15, 0.2) is 85.0 Å². The van der Waals surface area contributed by atoms with Gasteiger partial charge in [0.05, 0.1) is 0 Å². The highest BCUT2D eigenvalue weighted by molar-refractivity contribution is 5.94. The molecule has 1 unspecified atom stereocenters. The van der Waals surface area contributed by atoms with E-state index in [9.17, 15) is 0 Å². The number of benzene rings is 3. The van der Waals surface area contributed by atoms with Crippen molar-refractivity contribution in [2.45, 2.75) is 46.6 Å². The first-order valence-electron chi connectivity index (χ1n) is 13.8. The highest BCUT2D eigenvalue weighted by atomic mass is 15.1. The van der Waals surface area contributed by atoms with Gasteiger partial charge in [0.25, 0.3) is 0 Å². The second kappa shape index (κ2) is 12.3. The highest BCUT2D eigenvalue weighted by Crippen LogP contribution is 2.39. The number of likely N-dealkylation sites (N-methyl/N-ethyl adjacent to an activating group) is 1. The van der Waals surface area contributed by atoms with Gasteiger partial charge < -0.3 is 10.2 Å². The maximum Gasteiger partial charge on any atom is 0.0461 e. The number of hydrogen-bond donors (Lipinski definition) is 1. The van der Waals surface area contributed by atoms with E-state index in [-0.39, 0.29) is 5.92 Å². The molecule has 0 aromatic heterocycles. The molecule has 1 atom stereocenters. The van der Waals surface area contributed by atoms with Crippen molar-refractivity contribution in [3.8, 4) is 0 Å². The molecule has 0 spiro atoms. The molecule has 0 saturated carbocycles. The van der Waals surface area contributed by atoms with Crippen molar-refractivity contribution in [2.75, 3.05) is 42.9 Å². The molecule has 3 aromatic rings. The summed E-state index contributed by atoms with van der Waals surface area (Å²) < 4.78 is 0. The van der Waals surface area contributed by atoms with E-state index in [1.165, 1.54) is 33.3 Å². The van der Waals surface area contributed by atoms with Crippen LogP contribution < -0.4 is 10.2 Å². The predicted molar refractivity (Wildman–Crippen MR) is 158 cm³/mol. The zero-order chi connectivity index (χ0) is 25.5. The van der Waals surface area contributed by atoms with Crippen LogP contribution in [0.5, 0.6) is 0 Å². The molecule has 190 valence electrons. The maximum absolute atomic E-state index is 3.63. The Labute approximate surface area is 218 Å². The van der Waals surface area contributed by atoms with E-state index in [1.807, 2.05) is 0 Å². The number of nitrogens with zero attached hydrogens (tertiary/aromatic N) is 2. The van der Waals surface area contributed by atoms with Crippen LogP contribution in [0.3, 0.4) is 0 Å². The lowest BCUT2D eigenvalue weighted by molar-refractivity contribution is 0.285. The fourth-order valence-electron chi connectivity index (χ4n) is 5.69. The van der Waals surface area contributed by atoms with Crippen LogP contribution in [0.25, 0.3) is 10.8 Å². The number of fused-ring (bicyclic) bond motifs is 1. The van der Waals surface area contributed by atoms with E-state index in [2.05, 4.69) is 135 Å². The molecule has 1 N–H and O–H groups in total. The Balaban J connectivity index is 1.78. The second-order valence-corrected chi connectivity index (χ2v) is 9.62. The van der Waals surface area contributed by atoms with Gasteiger partial charge in [0.2, 0.25) is 0 Å². The molecule has 0 heterocycles. The van der Waals surface area contributed by atoms with Crippen molar-refractivity contribution in [1.29, 1.82) is 0 Å². The Bertz CT molecular complexity index is 1160. The van der Waals surface area contributed by atoms with Crippen molar-refractivity contribution in [1.82, 2.24) is 4.90 Å². The number of anilines is 2. The fraction of sp³-hybridized carbons (Fsp3) is 0.394. The SMILES string of the molecule is CCNc1cc(C(c2ccc(N(CC)CC)cc2)C2C=CC(N(CC)CC)C=C2)cc2ccccc12. The van der Waals surface area contributed by atoms with Gasteiger partial charge in [-0.05, 0) is 68.6 Å². The molecule has 3 heteroatoms. The Morgan fingerprint density at radius 3 is 2.00 bits per heavy atom. The number of hydrogen-bond acceptors (Lipinski definition) is 3. The minimum absolute atomic E-state index is 0.253. The van der Waals surface area contributed by atoms with Gasteiger partial charge in [-0.15, -0.1) is 0 Å². The van der Waals surface area contributed by atoms with Gasteiger partial charge in [-0.25, -0.2) is 0 Å². The van der Waals surface area contributed by atoms with Gasteiger partial charge in [-0.2, -0.15) is 0 Å². The normalized spacial score (nSPS) is 18.1. The standard InChI is InChI=1S/C33H43N3/c1-6-34-32-24-28(23-27-13-11-12-14-31(27)32)33(25-15-19-29(20-16-25)35(7-2)8-3)26-17-21-30(22-18-26)36(9-4)10-5/h11-25,29,33-34H,6-10H2,1-5H3. The average Bonchev–Trinajstić information content (AvgIpc) is 2.92. The first kappa shape index (κ1) is 26.0. The van der Waals surface area contributed by atoms with Crippen LogP contribution in [0, 0.1) is 5.92 Å². The van der Waals surface area contributed by atoms with Crippen molar-refractivity contribution < 1.29 is 0 Å². The zero-order valence-corrected chi connectivity index (χ0v) is 22.7. The smallest absolute Gasteiger partial charge is 0.0461 e. The fourth-order valence-corrected chi connectivity index (χ4v) is 5.69. The molecule has 36 heavy (non-hydrogen) atoms. The molecular formula is C33H43N3. The first-order chi connectivity index (χ1) is 17.6. The van der Waals surface area contributed by atoms with Gasteiger partial charge in [0.1, 0.15) is 0 Å². The molecule has 1 aliphatic carbocycles. The van der Waals surface area contributed by atoms with Gasteiger partial charge >= 0.3 is 0 Å². The summed E-state index contributed by atoms with van der Waals surface area (Å²) in [4.78, 5) is 4.91. The van der Waals surface area contributed by atoms with E-state index in [0.29, 0.717) is 12.0 Å². The summed E-state index contributed by atoms with van der Waals surface area (Å²) in [5, 5.41) is 6.21. The summed E-state index contributed by atoms with van der Waals surface area (Å²) in [5.74, 6) is 0.565. The summed E-state index contributed by atoms with van der Waals surface area (Å²) in [5.41, 5.74) is 5.25. The molecule has 0 bridgehead atoms. The third-order valence-electron chi connectivity index (χ3n) is 7.67. The lowest BCUT2D eigenvalue weighted by atomic mass is 9.77. The van der Waals surface area contributed by atoms with E-state index in [1.54, 1.807) is 0 Å². The number of rotatable bonds is 11.